The van der Waals surface area contributed by atoms with Gasteiger partial charge in [-0.2, -0.15) is 0 Å². The smallest absolute Gasteiger partial charge is 0.140 e. The number of rotatable bonds is 0. The summed E-state index contributed by atoms with van der Waals surface area (Å²) < 4.78 is 0.889. The van der Waals surface area contributed by atoms with Crippen LogP contribution in [-0.2, 0) is 4.79 Å². The highest BCUT2D eigenvalue weighted by atomic mass is 127. The van der Waals surface area contributed by atoms with Crippen molar-refractivity contribution in [2.75, 3.05) is 0 Å². The highest BCUT2D eigenvalue weighted by molar-refractivity contribution is 14.1. The molecule has 0 aromatic carbocycles. The van der Waals surface area contributed by atoms with Crippen molar-refractivity contribution in [1.29, 1.82) is 0 Å². The number of halogens is 1. The number of ketones is 1. The van der Waals surface area contributed by atoms with Crippen molar-refractivity contribution < 1.29 is 4.79 Å². The molecule has 62 valence electrons. The lowest BCUT2D eigenvalue weighted by Crippen LogP contribution is -2.61. The Balaban J connectivity index is 1.88. The van der Waals surface area contributed by atoms with Crippen LogP contribution in [0.5, 0.6) is 0 Å². The number of carbonyl (C=O) groups excluding carboxylic acids is 1. The van der Waals surface area contributed by atoms with Crippen molar-refractivity contribution in [2.24, 2.45) is 47.3 Å². The lowest BCUT2D eigenvalue weighted by molar-refractivity contribution is -0.170. The van der Waals surface area contributed by atoms with Crippen molar-refractivity contribution in [3.63, 3.8) is 0 Å². The van der Waals surface area contributed by atoms with Gasteiger partial charge in [0, 0.05) is 15.8 Å². The first-order valence-corrected chi connectivity index (χ1v) is 6.25. The molecule has 0 amide bonds. The molecule has 2 heteroatoms. The van der Waals surface area contributed by atoms with E-state index in [0.717, 1.165) is 39.4 Å². The van der Waals surface area contributed by atoms with Crippen molar-refractivity contribution in [3.05, 3.63) is 0 Å². The first-order valence-electron chi connectivity index (χ1n) is 5.00. The number of hydrogen-bond donors (Lipinski definition) is 0. The molecule has 0 N–H and O–H groups in total. The van der Waals surface area contributed by atoms with Crippen LogP contribution < -0.4 is 0 Å². The average Bonchev–Trinajstić information content (AvgIpc) is 2.45. The van der Waals surface area contributed by atoms with Crippen LogP contribution in [-0.4, -0.2) is 9.71 Å². The van der Waals surface area contributed by atoms with Gasteiger partial charge in [-0.25, -0.2) is 0 Å². The van der Waals surface area contributed by atoms with Crippen LogP contribution in [0.25, 0.3) is 0 Å². The van der Waals surface area contributed by atoms with E-state index in [4.69, 9.17) is 0 Å². The fraction of sp³-hybridized carbons (Fsp3) is 0.900. The highest BCUT2D eigenvalue weighted by Gasteiger charge is 2.89. The number of carbonyl (C=O) groups is 1. The minimum atomic E-state index is 0.571. The van der Waals surface area contributed by atoms with E-state index in [1.807, 2.05) is 0 Å². The number of alkyl halides is 1. The Bertz CT molecular complexity index is 337. The maximum Gasteiger partial charge on any atom is 0.140 e. The molecular weight excluding hydrogens is 263 g/mol. The Morgan fingerprint density at radius 2 is 1.42 bits per heavy atom. The van der Waals surface area contributed by atoms with Crippen LogP contribution in [0.2, 0.25) is 0 Å². The van der Waals surface area contributed by atoms with Crippen LogP contribution in [0.4, 0.5) is 0 Å². The predicted molar refractivity (Wildman–Crippen MR) is 50.7 cm³/mol. The Kier molecular flexibility index (Phi) is 0.666. The molecule has 0 aromatic heterocycles. The summed E-state index contributed by atoms with van der Waals surface area (Å²) in [6.45, 7) is 0. The topological polar surface area (TPSA) is 17.1 Å². The molecule has 6 aliphatic carbocycles. The monoisotopic (exact) mass is 272 g/mol. The van der Waals surface area contributed by atoms with E-state index in [9.17, 15) is 4.79 Å². The molecule has 1 nitrogen and oxygen atoms in total. The summed E-state index contributed by atoms with van der Waals surface area (Å²) in [5.41, 5.74) is 0. The molecule has 0 saturated heterocycles. The fourth-order valence-electron chi connectivity index (χ4n) is 5.77. The molecular formula is C10H9IO. The van der Waals surface area contributed by atoms with Gasteiger partial charge in [0.2, 0.25) is 0 Å². The Labute approximate surface area is 84.4 Å². The Morgan fingerprint density at radius 1 is 0.833 bits per heavy atom. The van der Waals surface area contributed by atoms with Crippen LogP contribution in [0.1, 0.15) is 0 Å². The Morgan fingerprint density at radius 3 is 2.00 bits per heavy atom. The predicted octanol–water partition coefficient (Wildman–Crippen LogP) is 1.36. The standard InChI is InChI=1S/C10H9IO/c11-9-5-1-2-4(5)8-6(9)3(1)7(2)10(8)12/h1-9H/t1-,2+,3+,4+,5+,6+,7+,8-,9-/m0/s1. The third-order valence-corrected chi connectivity index (χ3v) is 7.38. The SMILES string of the molecule is O=C1[C@H]2[C@@H]3[C@H]4[C@H]5[C@H](I)[C@H]3[C@@H]1[C@@H]5[C@H]24. The van der Waals surface area contributed by atoms with E-state index in [1.54, 1.807) is 0 Å². The van der Waals surface area contributed by atoms with E-state index in [2.05, 4.69) is 22.6 Å². The van der Waals surface area contributed by atoms with Crippen LogP contribution in [0.3, 0.4) is 0 Å². The molecule has 6 saturated carbocycles. The van der Waals surface area contributed by atoms with Crippen molar-refractivity contribution in [2.45, 2.75) is 3.92 Å². The zero-order valence-corrected chi connectivity index (χ0v) is 8.64. The van der Waals surface area contributed by atoms with Crippen LogP contribution in [0.15, 0.2) is 0 Å². The lowest BCUT2D eigenvalue weighted by Gasteiger charge is -2.62. The molecule has 0 aromatic rings. The minimum absolute atomic E-state index is 0.571. The maximum absolute atomic E-state index is 11.8. The van der Waals surface area contributed by atoms with Gasteiger partial charge in [-0.3, -0.25) is 4.79 Å². The average molecular weight is 272 g/mol. The van der Waals surface area contributed by atoms with Gasteiger partial charge in [-0.15, -0.1) is 0 Å². The fourth-order valence-corrected chi connectivity index (χ4v) is 7.65. The third kappa shape index (κ3) is 0.289. The van der Waals surface area contributed by atoms with Crippen molar-refractivity contribution in [3.8, 4) is 0 Å². The van der Waals surface area contributed by atoms with Gasteiger partial charge < -0.3 is 0 Å². The normalized spacial score (nSPS) is 84.4. The minimum Gasteiger partial charge on any atom is -0.299 e. The lowest BCUT2D eigenvalue weighted by atomic mass is 9.41. The van der Waals surface area contributed by atoms with Crippen LogP contribution >= 0.6 is 22.6 Å². The molecule has 0 spiro atoms. The second-order valence-corrected chi connectivity index (χ2v) is 6.80. The third-order valence-electron chi connectivity index (χ3n) is 5.72. The molecule has 6 fully saturated rings. The van der Waals surface area contributed by atoms with Gasteiger partial charge >= 0.3 is 0 Å². The maximum atomic E-state index is 11.8. The molecule has 0 aliphatic heterocycles. The molecule has 6 rings (SSSR count). The first-order chi connectivity index (χ1) is 5.82. The molecule has 0 unspecified atom stereocenters. The van der Waals surface area contributed by atoms with Gasteiger partial charge in [0.15, 0.2) is 0 Å². The summed E-state index contributed by atoms with van der Waals surface area (Å²) in [6.07, 6.45) is 0. The quantitative estimate of drug-likeness (QED) is 0.480. The highest BCUT2D eigenvalue weighted by Crippen LogP contribution is 2.88. The van der Waals surface area contributed by atoms with E-state index < -0.39 is 0 Å². The van der Waals surface area contributed by atoms with E-state index >= 15 is 0 Å². The van der Waals surface area contributed by atoms with Crippen molar-refractivity contribution in [1.82, 2.24) is 0 Å². The summed E-state index contributed by atoms with van der Waals surface area (Å²) in [4.78, 5) is 11.8. The molecule has 0 radical (unpaired) electrons. The zero-order valence-electron chi connectivity index (χ0n) is 6.48. The molecule has 12 heavy (non-hydrogen) atoms. The summed E-state index contributed by atoms with van der Waals surface area (Å²) in [5.74, 6) is 7.44. The summed E-state index contributed by atoms with van der Waals surface area (Å²) in [6, 6.07) is 0. The molecule has 0 heterocycles. The Hall–Kier alpha value is 0.400. The second kappa shape index (κ2) is 1.33. The number of Topliss-reactive ketones (excluding diaryl/α,β-unsaturated/α-hetero) is 1. The molecule has 6 aliphatic rings. The van der Waals surface area contributed by atoms with E-state index in [0.29, 0.717) is 17.6 Å². The summed E-state index contributed by atoms with van der Waals surface area (Å²) in [5, 5.41) is 0. The first kappa shape index (κ1) is 5.99. The van der Waals surface area contributed by atoms with Gasteiger partial charge in [-0.05, 0) is 35.5 Å². The van der Waals surface area contributed by atoms with E-state index in [1.165, 1.54) is 0 Å². The van der Waals surface area contributed by atoms with Gasteiger partial charge in [-0.1, -0.05) is 22.6 Å². The summed E-state index contributed by atoms with van der Waals surface area (Å²) in [7, 11) is 0. The van der Waals surface area contributed by atoms with Crippen molar-refractivity contribution >= 4 is 28.4 Å². The van der Waals surface area contributed by atoms with Gasteiger partial charge in [0.1, 0.15) is 5.78 Å². The largest absolute Gasteiger partial charge is 0.299 e. The zero-order chi connectivity index (χ0) is 7.77. The van der Waals surface area contributed by atoms with E-state index in [-0.39, 0.29) is 0 Å². The van der Waals surface area contributed by atoms with Crippen LogP contribution in [0, 0.1) is 47.3 Å². The molecule has 4 bridgehead atoms. The molecule has 9 atom stereocenters. The summed E-state index contributed by atoms with van der Waals surface area (Å²) >= 11 is 2.63. The van der Waals surface area contributed by atoms with Gasteiger partial charge in [0.05, 0.1) is 0 Å². The number of hydrogen-bond acceptors (Lipinski definition) is 1. The van der Waals surface area contributed by atoms with Gasteiger partial charge in [0.25, 0.3) is 0 Å². The second-order valence-electron chi connectivity index (χ2n) is 5.36.